The van der Waals surface area contributed by atoms with Crippen molar-refractivity contribution in [1.29, 1.82) is 0 Å². The summed E-state index contributed by atoms with van der Waals surface area (Å²) < 4.78 is 21.6. The molecule has 0 aliphatic heterocycles. The highest BCUT2D eigenvalue weighted by atomic mass is 31.2. The molecular formula is C19H25N4O4P. The van der Waals surface area contributed by atoms with Crippen LogP contribution < -0.4 is 10.1 Å². The monoisotopic (exact) mass is 404 g/mol. The predicted octanol–water partition coefficient (Wildman–Crippen LogP) is 3.89. The molecule has 0 radical (unpaired) electrons. The van der Waals surface area contributed by atoms with Crippen LogP contribution in [-0.2, 0) is 4.57 Å². The number of nitrogens with zero attached hydrogens (tertiary/aromatic N) is 4. The number of hydrogen-bond donors (Lipinski definition) is 1. The van der Waals surface area contributed by atoms with Gasteiger partial charge in [0.25, 0.3) is 11.4 Å². The number of pyridine rings is 1. The fourth-order valence-corrected chi connectivity index (χ4v) is 4.63. The van der Waals surface area contributed by atoms with E-state index < -0.39 is 13.3 Å². The van der Waals surface area contributed by atoms with Gasteiger partial charge in [-0.25, -0.2) is 14.1 Å². The molecule has 0 saturated carbocycles. The molecule has 0 aliphatic carbocycles. The minimum Gasteiger partial charge on any atom is -0.403 e. The van der Waals surface area contributed by atoms with E-state index in [0.29, 0.717) is 29.6 Å². The number of hydrogen-bond acceptors (Lipinski definition) is 5. The lowest BCUT2D eigenvalue weighted by Gasteiger charge is -2.20. The molecule has 0 saturated heterocycles. The van der Waals surface area contributed by atoms with Crippen molar-refractivity contribution >= 4 is 13.1 Å². The molecule has 1 unspecified atom stereocenters. The SMILES string of the molecule is CCC(CC)P(=O)(O)Oc1nn2ccccc2c1-c1cn(C(C)C)c(=O)cn1. The average Bonchev–Trinajstić information content (AvgIpc) is 2.99. The third kappa shape index (κ3) is 3.75. The average molecular weight is 404 g/mol. The van der Waals surface area contributed by atoms with Crippen LogP contribution in [0.5, 0.6) is 5.88 Å². The van der Waals surface area contributed by atoms with Gasteiger partial charge >= 0.3 is 7.60 Å². The van der Waals surface area contributed by atoms with Gasteiger partial charge in [-0.05, 0) is 38.8 Å². The number of aromatic nitrogens is 4. The fraction of sp³-hybridized carbons (Fsp3) is 0.421. The molecule has 3 heterocycles. The lowest BCUT2D eigenvalue weighted by Crippen LogP contribution is -2.21. The Morgan fingerprint density at radius 1 is 1.25 bits per heavy atom. The number of fused-ring (bicyclic) bond motifs is 1. The molecule has 0 bridgehead atoms. The molecule has 0 aromatic carbocycles. The zero-order chi connectivity index (χ0) is 20.5. The Kier molecular flexibility index (Phi) is 5.72. The highest BCUT2D eigenvalue weighted by Crippen LogP contribution is 2.52. The third-order valence-electron chi connectivity index (χ3n) is 4.77. The van der Waals surface area contributed by atoms with Crippen LogP contribution in [0.4, 0.5) is 0 Å². The zero-order valence-electron chi connectivity index (χ0n) is 16.4. The van der Waals surface area contributed by atoms with E-state index in [1.54, 1.807) is 27.5 Å². The van der Waals surface area contributed by atoms with Crippen molar-refractivity contribution in [3.8, 4) is 17.1 Å². The Labute approximate surface area is 163 Å². The lowest BCUT2D eigenvalue weighted by molar-refractivity contribution is 0.355. The van der Waals surface area contributed by atoms with Crippen LogP contribution in [-0.4, -0.2) is 29.7 Å². The summed E-state index contributed by atoms with van der Waals surface area (Å²) in [7, 11) is -3.94. The van der Waals surface area contributed by atoms with Gasteiger partial charge in [0.2, 0.25) is 0 Å². The van der Waals surface area contributed by atoms with Gasteiger partial charge in [0.15, 0.2) is 0 Å². The maximum atomic E-state index is 12.8. The molecule has 1 N–H and O–H groups in total. The topological polar surface area (TPSA) is 98.7 Å². The lowest BCUT2D eigenvalue weighted by atomic mass is 10.2. The molecule has 150 valence electrons. The highest BCUT2D eigenvalue weighted by Gasteiger charge is 2.34. The van der Waals surface area contributed by atoms with E-state index >= 15 is 0 Å². The summed E-state index contributed by atoms with van der Waals surface area (Å²) in [6.45, 7) is 7.50. The Morgan fingerprint density at radius 3 is 2.61 bits per heavy atom. The van der Waals surface area contributed by atoms with Crippen molar-refractivity contribution in [2.45, 2.75) is 52.2 Å². The van der Waals surface area contributed by atoms with Crippen molar-refractivity contribution in [2.75, 3.05) is 0 Å². The first-order valence-electron chi connectivity index (χ1n) is 9.36. The standard InChI is InChI=1S/C19H25N4O4P/c1-5-14(6-2)28(25,26)27-19-18(16-9-7-8-10-23(16)21-19)15-12-22(13(3)4)17(24)11-20-15/h7-14H,5-6H2,1-4H3,(H,25,26). The van der Waals surface area contributed by atoms with E-state index in [2.05, 4.69) is 10.1 Å². The Balaban J connectivity index is 2.20. The minimum atomic E-state index is -3.94. The quantitative estimate of drug-likeness (QED) is 0.600. The minimum absolute atomic E-state index is 0.0328. The van der Waals surface area contributed by atoms with Gasteiger partial charge in [0.05, 0.1) is 28.6 Å². The van der Waals surface area contributed by atoms with Crippen LogP contribution in [0.25, 0.3) is 16.8 Å². The van der Waals surface area contributed by atoms with Crippen LogP contribution in [0.2, 0.25) is 0 Å². The van der Waals surface area contributed by atoms with Gasteiger partial charge < -0.3 is 14.0 Å². The molecule has 9 heteroatoms. The van der Waals surface area contributed by atoms with E-state index in [4.69, 9.17) is 4.52 Å². The van der Waals surface area contributed by atoms with E-state index in [1.165, 1.54) is 6.20 Å². The van der Waals surface area contributed by atoms with Crippen molar-refractivity contribution < 1.29 is 14.0 Å². The molecule has 0 spiro atoms. The van der Waals surface area contributed by atoms with Gasteiger partial charge in [-0.1, -0.05) is 19.9 Å². The van der Waals surface area contributed by atoms with E-state index in [0.717, 1.165) is 0 Å². The zero-order valence-corrected chi connectivity index (χ0v) is 17.3. The summed E-state index contributed by atoms with van der Waals surface area (Å²) in [5.74, 6) is 0.0328. The first kappa shape index (κ1) is 20.3. The van der Waals surface area contributed by atoms with Gasteiger partial charge in [0, 0.05) is 18.4 Å². The normalized spacial score (nSPS) is 14.0. The van der Waals surface area contributed by atoms with Gasteiger partial charge in [-0.15, -0.1) is 5.10 Å². The van der Waals surface area contributed by atoms with Gasteiger partial charge in [0.1, 0.15) is 0 Å². The molecular weight excluding hydrogens is 379 g/mol. The maximum absolute atomic E-state index is 12.8. The van der Waals surface area contributed by atoms with Crippen molar-refractivity contribution in [1.82, 2.24) is 19.2 Å². The summed E-state index contributed by atoms with van der Waals surface area (Å²) in [6, 6.07) is 5.40. The molecule has 3 aromatic heterocycles. The second-order valence-electron chi connectivity index (χ2n) is 6.95. The third-order valence-corrected chi connectivity index (χ3v) is 6.86. The van der Waals surface area contributed by atoms with Crippen LogP contribution in [0.3, 0.4) is 0 Å². The van der Waals surface area contributed by atoms with Crippen molar-refractivity contribution in [3.05, 3.63) is 47.1 Å². The second kappa shape index (κ2) is 7.89. The van der Waals surface area contributed by atoms with Crippen LogP contribution in [0.15, 0.2) is 41.6 Å². The molecule has 1 atom stereocenters. The second-order valence-corrected chi connectivity index (χ2v) is 8.99. The molecule has 8 nitrogen and oxygen atoms in total. The summed E-state index contributed by atoms with van der Waals surface area (Å²) in [4.78, 5) is 26.9. The van der Waals surface area contributed by atoms with E-state index in [9.17, 15) is 14.3 Å². The van der Waals surface area contributed by atoms with Crippen LogP contribution in [0.1, 0.15) is 46.6 Å². The van der Waals surface area contributed by atoms with Crippen LogP contribution >= 0.6 is 7.60 Å². The largest absolute Gasteiger partial charge is 0.403 e. The molecule has 0 aliphatic rings. The smallest absolute Gasteiger partial charge is 0.380 e. The van der Waals surface area contributed by atoms with Gasteiger partial charge in [-0.2, -0.15) is 0 Å². The Morgan fingerprint density at radius 2 is 1.96 bits per heavy atom. The molecule has 0 fully saturated rings. The molecule has 0 amide bonds. The van der Waals surface area contributed by atoms with E-state index in [-0.39, 0.29) is 17.5 Å². The van der Waals surface area contributed by atoms with E-state index in [1.807, 2.05) is 39.8 Å². The summed E-state index contributed by atoms with van der Waals surface area (Å²) in [5, 5.41) is 4.36. The van der Waals surface area contributed by atoms with Crippen LogP contribution in [0, 0.1) is 0 Å². The highest BCUT2D eigenvalue weighted by molar-refractivity contribution is 7.54. The summed E-state index contributed by atoms with van der Waals surface area (Å²) in [5.41, 5.74) is 0.901. The first-order chi connectivity index (χ1) is 13.3. The summed E-state index contributed by atoms with van der Waals surface area (Å²) in [6.07, 6.45) is 5.63. The van der Waals surface area contributed by atoms with Crippen molar-refractivity contribution in [2.24, 2.45) is 0 Å². The number of rotatable bonds is 7. The Bertz CT molecular complexity index is 1080. The van der Waals surface area contributed by atoms with Gasteiger partial charge in [-0.3, -0.25) is 4.79 Å². The first-order valence-corrected chi connectivity index (χ1v) is 11.0. The molecule has 3 aromatic rings. The predicted molar refractivity (Wildman–Crippen MR) is 108 cm³/mol. The molecule has 3 rings (SSSR count). The maximum Gasteiger partial charge on any atom is 0.380 e. The Hall–Kier alpha value is -2.44. The van der Waals surface area contributed by atoms with Crippen molar-refractivity contribution in [3.63, 3.8) is 0 Å². The fourth-order valence-electron chi connectivity index (χ4n) is 3.18. The summed E-state index contributed by atoms with van der Waals surface area (Å²) >= 11 is 0. The molecule has 28 heavy (non-hydrogen) atoms.